The molecule has 0 aliphatic carbocycles. The van der Waals surface area contributed by atoms with Crippen LogP contribution in [0.4, 0.5) is 0 Å². The van der Waals surface area contributed by atoms with Crippen molar-refractivity contribution in [2.75, 3.05) is 13.2 Å². The maximum absolute atomic E-state index is 12.9. The minimum absolute atomic E-state index is 0.0921. The van der Waals surface area contributed by atoms with E-state index in [0.29, 0.717) is 19.3 Å². The van der Waals surface area contributed by atoms with E-state index in [-0.39, 0.29) is 31.1 Å². The van der Waals surface area contributed by atoms with Crippen LogP contribution in [0.1, 0.15) is 278 Å². The van der Waals surface area contributed by atoms with Gasteiger partial charge in [0.1, 0.15) is 13.2 Å². The lowest BCUT2D eigenvalue weighted by molar-refractivity contribution is -0.167. The summed E-state index contributed by atoms with van der Waals surface area (Å²) in [4.78, 5) is 38.2. The molecular weight excluding hydrogens is 877 g/mol. The molecule has 0 heterocycles. The third-order valence-corrected chi connectivity index (χ3v) is 12.5. The molecule has 1 atom stereocenters. The first-order chi connectivity index (χ1) is 35.0. The SMILES string of the molecule is CC/C=C\C/C=C\C/C=C\CCCCCCCC(=O)OC[C@H](COC(=O)CCCCCCCC/C=C\C/C=C\C/C=C\CCCCC)OC(=O)CCCCCCCCCCC/C=C\C/C=C\CCCCC. The molecule has 0 aliphatic heterocycles. The average molecular weight is 988 g/mol. The van der Waals surface area contributed by atoms with Crippen molar-refractivity contribution in [3.05, 3.63) is 97.2 Å². The minimum atomic E-state index is -0.795. The zero-order chi connectivity index (χ0) is 51.4. The van der Waals surface area contributed by atoms with Gasteiger partial charge in [0.2, 0.25) is 0 Å². The van der Waals surface area contributed by atoms with Crippen molar-refractivity contribution in [1.82, 2.24) is 0 Å². The molecule has 0 spiro atoms. The molecule has 6 nitrogen and oxygen atoms in total. The normalized spacial score (nSPS) is 12.8. The number of rotatable bonds is 53. The molecule has 0 aromatic rings. The lowest BCUT2D eigenvalue weighted by Crippen LogP contribution is -2.30. The molecule has 0 bridgehead atoms. The molecular formula is C65H110O6. The second-order valence-electron chi connectivity index (χ2n) is 19.5. The van der Waals surface area contributed by atoms with Gasteiger partial charge in [0, 0.05) is 19.3 Å². The summed E-state index contributed by atoms with van der Waals surface area (Å²) in [6.07, 6.45) is 78.2. The summed E-state index contributed by atoms with van der Waals surface area (Å²) in [7, 11) is 0. The lowest BCUT2D eigenvalue weighted by atomic mass is 10.1. The van der Waals surface area contributed by atoms with Crippen molar-refractivity contribution in [1.29, 1.82) is 0 Å². The van der Waals surface area contributed by atoms with Gasteiger partial charge in [-0.05, 0) is 122 Å². The highest BCUT2D eigenvalue weighted by Gasteiger charge is 2.19. The van der Waals surface area contributed by atoms with Crippen LogP contribution in [0.15, 0.2) is 97.2 Å². The quantitative estimate of drug-likeness (QED) is 0.0261. The zero-order valence-corrected chi connectivity index (χ0v) is 46.5. The fraction of sp³-hybridized carbons (Fsp3) is 0.708. The van der Waals surface area contributed by atoms with Crippen molar-refractivity contribution in [2.24, 2.45) is 0 Å². The molecule has 0 aromatic heterocycles. The summed E-state index contributed by atoms with van der Waals surface area (Å²) >= 11 is 0. The Morgan fingerprint density at radius 2 is 0.549 bits per heavy atom. The summed E-state index contributed by atoms with van der Waals surface area (Å²) in [6.45, 7) is 6.46. The van der Waals surface area contributed by atoms with E-state index in [2.05, 4.69) is 118 Å². The van der Waals surface area contributed by atoms with E-state index >= 15 is 0 Å². The van der Waals surface area contributed by atoms with Gasteiger partial charge >= 0.3 is 17.9 Å². The van der Waals surface area contributed by atoms with Gasteiger partial charge in [-0.2, -0.15) is 0 Å². The maximum atomic E-state index is 12.9. The zero-order valence-electron chi connectivity index (χ0n) is 46.5. The molecule has 0 aromatic carbocycles. The second-order valence-corrected chi connectivity index (χ2v) is 19.5. The molecule has 0 unspecified atom stereocenters. The monoisotopic (exact) mass is 987 g/mol. The van der Waals surface area contributed by atoms with E-state index in [9.17, 15) is 14.4 Å². The first kappa shape index (κ1) is 67.3. The summed E-state index contributed by atoms with van der Waals surface area (Å²) in [5.41, 5.74) is 0. The first-order valence-electron chi connectivity index (χ1n) is 29.7. The van der Waals surface area contributed by atoms with Crippen LogP contribution in [-0.2, 0) is 28.6 Å². The molecule has 0 amide bonds. The molecule has 0 saturated carbocycles. The first-order valence-corrected chi connectivity index (χ1v) is 29.7. The summed E-state index contributed by atoms with van der Waals surface area (Å²) < 4.78 is 16.9. The Bertz CT molecular complexity index is 1410. The van der Waals surface area contributed by atoms with E-state index in [4.69, 9.17) is 14.2 Å². The average Bonchev–Trinajstić information content (AvgIpc) is 3.37. The Morgan fingerprint density at radius 1 is 0.296 bits per heavy atom. The Kier molecular flexibility index (Phi) is 55.9. The van der Waals surface area contributed by atoms with Crippen molar-refractivity contribution in [3.63, 3.8) is 0 Å². The smallest absolute Gasteiger partial charge is 0.306 e. The predicted octanol–water partition coefficient (Wildman–Crippen LogP) is 20.1. The van der Waals surface area contributed by atoms with Gasteiger partial charge < -0.3 is 14.2 Å². The number of unbranched alkanes of at least 4 members (excludes halogenated alkanes) is 26. The van der Waals surface area contributed by atoms with E-state index in [1.165, 1.54) is 116 Å². The number of ether oxygens (including phenoxy) is 3. The molecule has 0 fully saturated rings. The van der Waals surface area contributed by atoms with Gasteiger partial charge in [-0.25, -0.2) is 0 Å². The van der Waals surface area contributed by atoms with Crippen LogP contribution in [0.3, 0.4) is 0 Å². The number of hydrogen-bond donors (Lipinski definition) is 0. The highest BCUT2D eigenvalue weighted by molar-refractivity contribution is 5.71. The Balaban J connectivity index is 4.44. The van der Waals surface area contributed by atoms with Crippen LogP contribution in [0.2, 0.25) is 0 Å². The van der Waals surface area contributed by atoms with E-state index < -0.39 is 6.10 Å². The highest BCUT2D eigenvalue weighted by atomic mass is 16.6. The molecule has 6 heteroatoms. The molecule has 406 valence electrons. The molecule has 0 saturated heterocycles. The van der Waals surface area contributed by atoms with Gasteiger partial charge in [0.15, 0.2) is 6.10 Å². The molecule has 0 rings (SSSR count). The summed E-state index contributed by atoms with van der Waals surface area (Å²) in [5.74, 6) is -0.920. The van der Waals surface area contributed by atoms with Crippen LogP contribution in [0.5, 0.6) is 0 Å². The third-order valence-electron chi connectivity index (χ3n) is 12.5. The van der Waals surface area contributed by atoms with Crippen LogP contribution >= 0.6 is 0 Å². The minimum Gasteiger partial charge on any atom is -0.462 e. The fourth-order valence-corrected chi connectivity index (χ4v) is 8.08. The molecule has 0 radical (unpaired) electrons. The number of allylic oxidation sites excluding steroid dienone is 16. The summed E-state index contributed by atoms with van der Waals surface area (Å²) in [5, 5.41) is 0. The molecule has 0 aliphatic rings. The van der Waals surface area contributed by atoms with E-state index in [1.807, 2.05) is 0 Å². The molecule has 0 N–H and O–H groups in total. The number of carbonyl (C=O) groups is 3. The lowest BCUT2D eigenvalue weighted by Gasteiger charge is -2.18. The Hall–Kier alpha value is -3.67. The standard InChI is InChI=1S/C65H110O6/c1-4-7-10-13-16-19-22-25-28-30-32-34-37-40-43-46-49-52-55-58-64(67)70-61-62(60-69-63(66)57-54-51-48-45-42-39-36-27-24-21-18-15-12-9-6-3)71-65(68)59-56-53-50-47-44-41-38-35-33-31-29-26-23-20-17-14-11-8-5-2/h9,12,16-21,25-29,32,34,36,62H,4-8,10-11,13-15,22-24,30-31,33,35,37-61H2,1-3H3/b12-9-,19-16-,20-17-,21-18-,28-25-,29-26-,34-32-,36-27-/t62-/m1/s1. The summed E-state index contributed by atoms with van der Waals surface area (Å²) in [6, 6.07) is 0. The van der Waals surface area contributed by atoms with Crippen molar-refractivity contribution >= 4 is 17.9 Å². The fourth-order valence-electron chi connectivity index (χ4n) is 8.08. The maximum Gasteiger partial charge on any atom is 0.306 e. The van der Waals surface area contributed by atoms with Crippen LogP contribution in [-0.4, -0.2) is 37.2 Å². The number of esters is 3. The molecule has 71 heavy (non-hydrogen) atoms. The van der Waals surface area contributed by atoms with Gasteiger partial charge in [0.25, 0.3) is 0 Å². The van der Waals surface area contributed by atoms with Crippen molar-refractivity contribution in [2.45, 2.75) is 284 Å². The van der Waals surface area contributed by atoms with Crippen molar-refractivity contribution < 1.29 is 28.6 Å². The van der Waals surface area contributed by atoms with Crippen LogP contribution < -0.4 is 0 Å². The Labute approximate surface area is 438 Å². The Morgan fingerprint density at radius 3 is 0.859 bits per heavy atom. The number of hydrogen-bond acceptors (Lipinski definition) is 6. The number of carbonyl (C=O) groups excluding carboxylic acids is 3. The largest absolute Gasteiger partial charge is 0.462 e. The third kappa shape index (κ3) is 57.1. The van der Waals surface area contributed by atoms with Gasteiger partial charge in [-0.1, -0.05) is 234 Å². The van der Waals surface area contributed by atoms with Gasteiger partial charge in [-0.3, -0.25) is 14.4 Å². The topological polar surface area (TPSA) is 78.9 Å². The predicted molar refractivity (Wildman–Crippen MR) is 307 cm³/mol. The second kappa shape index (κ2) is 58.9. The van der Waals surface area contributed by atoms with Gasteiger partial charge in [-0.15, -0.1) is 0 Å². The van der Waals surface area contributed by atoms with Crippen LogP contribution in [0.25, 0.3) is 0 Å². The van der Waals surface area contributed by atoms with Crippen molar-refractivity contribution in [3.8, 4) is 0 Å². The van der Waals surface area contributed by atoms with Crippen LogP contribution in [0, 0.1) is 0 Å². The van der Waals surface area contributed by atoms with E-state index in [0.717, 1.165) is 122 Å². The van der Waals surface area contributed by atoms with Gasteiger partial charge in [0.05, 0.1) is 0 Å². The van der Waals surface area contributed by atoms with E-state index in [1.54, 1.807) is 0 Å². The highest BCUT2D eigenvalue weighted by Crippen LogP contribution is 2.15.